The van der Waals surface area contributed by atoms with E-state index in [1.807, 2.05) is 0 Å². The SMILES string of the molecule is [2H][C@H](O)[C@]12CCC(=O)C=C1CC[C@@H]1[C@@H]2CC[C@]2(C)C(=O)CC[C@@H]12. The second-order valence-corrected chi connectivity index (χ2v) is 8.14. The second-order valence-electron chi connectivity index (χ2n) is 8.14. The van der Waals surface area contributed by atoms with Gasteiger partial charge in [-0.25, -0.2) is 0 Å². The molecule has 1 N–H and O–H groups in total. The number of carbonyl (C=O) groups excluding carboxylic acids is 2. The van der Waals surface area contributed by atoms with Crippen molar-refractivity contribution >= 4 is 11.6 Å². The van der Waals surface area contributed by atoms with Gasteiger partial charge in [-0.1, -0.05) is 12.5 Å². The molecule has 0 saturated heterocycles. The van der Waals surface area contributed by atoms with Crippen molar-refractivity contribution in [1.29, 1.82) is 0 Å². The molecule has 3 fully saturated rings. The Balaban J connectivity index is 1.76. The maximum absolute atomic E-state index is 12.4. The molecule has 0 aromatic carbocycles. The van der Waals surface area contributed by atoms with Gasteiger partial charge >= 0.3 is 0 Å². The van der Waals surface area contributed by atoms with Gasteiger partial charge in [-0.2, -0.15) is 0 Å². The zero-order chi connectivity index (χ0) is 16.4. The number of aliphatic hydroxyl groups excluding tert-OH is 1. The van der Waals surface area contributed by atoms with Gasteiger partial charge in [0.2, 0.25) is 0 Å². The Labute approximate surface area is 133 Å². The van der Waals surface area contributed by atoms with Crippen LogP contribution in [0.15, 0.2) is 11.6 Å². The molecule has 6 atom stereocenters. The van der Waals surface area contributed by atoms with E-state index in [9.17, 15) is 14.7 Å². The maximum atomic E-state index is 12.4. The molecule has 120 valence electrons. The Hall–Kier alpha value is -0.960. The van der Waals surface area contributed by atoms with Gasteiger partial charge in [-0.15, -0.1) is 0 Å². The summed E-state index contributed by atoms with van der Waals surface area (Å²) < 4.78 is 8.19. The Morgan fingerprint density at radius 1 is 1.18 bits per heavy atom. The van der Waals surface area contributed by atoms with Crippen LogP contribution in [0.5, 0.6) is 0 Å². The van der Waals surface area contributed by atoms with E-state index in [0.29, 0.717) is 36.9 Å². The van der Waals surface area contributed by atoms with Crippen molar-refractivity contribution in [1.82, 2.24) is 0 Å². The smallest absolute Gasteiger partial charge is 0.155 e. The number of ketones is 2. The monoisotopic (exact) mass is 303 g/mol. The van der Waals surface area contributed by atoms with Crippen LogP contribution in [0.2, 0.25) is 0 Å². The first-order chi connectivity index (χ1) is 10.9. The van der Waals surface area contributed by atoms with Gasteiger partial charge in [0.05, 0.1) is 7.95 Å². The molecule has 0 spiro atoms. The molecule has 0 heterocycles. The lowest BCUT2D eigenvalue weighted by atomic mass is 9.47. The van der Waals surface area contributed by atoms with Gasteiger partial charge in [0.1, 0.15) is 5.78 Å². The summed E-state index contributed by atoms with van der Waals surface area (Å²) in [7, 11) is 0. The third kappa shape index (κ3) is 1.72. The predicted molar refractivity (Wildman–Crippen MR) is 83.1 cm³/mol. The minimum absolute atomic E-state index is 0.145. The van der Waals surface area contributed by atoms with Crippen LogP contribution in [0.25, 0.3) is 0 Å². The lowest BCUT2D eigenvalue weighted by molar-refractivity contribution is -0.134. The first-order valence-corrected chi connectivity index (χ1v) is 8.77. The molecular weight excluding hydrogens is 276 g/mol. The predicted octanol–water partition coefficient (Wildman–Crippen LogP) is 3.06. The van der Waals surface area contributed by atoms with Crippen LogP contribution in [0.1, 0.15) is 59.7 Å². The largest absolute Gasteiger partial charge is 0.395 e. The molecule has 0 aliphatic heterocycles. The van der Waals surface area contributed by atoms with Crippen LogP contribution in [0.4, 0.5) is 0 Å². The third-order valence-corrected chi connectivity index (χ3v) is 7.50. The van der Waals surface area contributed by atoms with E-state index in [1.165, 1.54) is 0 Å². The lowest BCUT2D eigenvalue weighted by Gasteiger charge is -2.57. The van der Waals surface area contributed by atoms with Crippen molar-refractivity contribution in [2.45, 2.75) is 58.3 Å². The van der Waals surface area contributed by atoms with E-state index < -0.39 is 12.0 Å². The molecule has 0 radical (unpaired) electrons. The molecule has 0 bridgehead atoms. The Bertz CT molecular complexity index is 595. The molecule has 0 aromatic heterocycles. The molecule has 4 rings (SSSR count). The normalized spacial score (nSPS) is 49.6. The first kappa shape index (κ1) is 13.5. The van der Waals surface area contributed by atoms with E-state index in [2.05, 4.69) is 6.92 Å². The van der Waals surface area contributed by atoms with E-state index in [0.717, 1.165) is 37.7 Å². The number of Topliss-reactive ketones (excluding diaryl/α,β-unsaturated/α-hetero) is 1. The topological polar surface area (TPSA) is 54.4 Å². The van der Waals surface area contributed by atoms with Crippen molar-refractivity contribution in [3.63, 3.8) is 0 Å². The zero-order valence-corrected chi connectivity index (χ0v) is 13.3. The number of rotatable bonds is 1. The van der Waals surface area contributed by atoms with E-state index in [1.54, 1.807) is 6.08 Å². The van der Waals surface area contributed by atoms with Crippen LogP contribution >= 0.6 is 0 Å². The van der Waals surface area contributed by atoms with Gasteiger partial charge in [0.25, 0.3) is 0 Å². The fourth-order valence-electron chi connectivity index (χ4n) is 6.29. The third-order valence-electron chi connectivity index (χ3n) is 7.50. The summed E-state index contributed by atoms with van der Waals surface area (Å²) in [5.74, 6) is 1.65. The van der Waals surface area contributed by atoms with Gasteiger partial charge in [0, 0.05) is 23.7 Å². The summed E-state index contributed by atoms with van der Waals surface area (Å²) in [5, 5.41) is 10.4. The molecule has 4 aliphatic rings. The number of carbonyl (C=O) groups is 2. The summed E-state index contributed by atoms with van der Waals surface area (Å²) in [6.07, 6.45) is 8.06. The summed E-state index contributed by atoms with van der Waals surface area (Å²) in [6.45, 7) is 0.985. The van der Waals surface area contributed by atoms with Crippen LogP contribution < -0.4 is 0 Å². The molecule has 4 aliphatic carbocycles. The van der Waals surface area contributed by atoms with E-state index in [4.69, 9.17) is 1.37 Å². The van der Waals surface area contributed by atoms with Crippen molar-refractivity contribution < 1.29 is 16.1 Å². The standard InChI is InChI=1S/C19H26O3/c1-18-8-7-16-14(15(18)4-5-17(18)22)3-2-12-10-13(21)6-9-19(12,16)11-20/h10,14-16,20H,2-9,11H2,1H3/t14-,15-,16-,18-,19+/m0/s1/i11D/t11-,14-,15-,16-,18-,19+. The molecule has 3 saturated carbocycles. The average molecular weight is 303 g/mol. The highest BCUT2D eigenvalue weighted by Crippen LogP contribution is 2.64. The Morgan fingerprint density at radius 3 is 2.77 bits per heavy atom. The molecule has 22 heavy (non-hydrogen) atoms. The quantitative estimate of drug-likeness (QED) is 0.810. The molecule has 0 amide bonds. The minimum atomic E-state index is -1.16. The van der Waals surface area contributed by atoms with Crippen molar-refractivity contribution in [3.8, 4) is 0 Å². The maximum Gasteiger partial charge on any atom is 0.155 e. The number of hydrogen-bond donors (Lipinski definition) is 1. The summed E-state index contributed by atoms with van der Waals surface area (Å²) in [6, 6.07) is 0. The molecule has 0 unspecified atom stereocenters. The Kier molecular flexibility index (Phi) is 2.92. The van der Waals surface area contributed by atoms with Gasteiger partial charge in [0.15, 0.2) is 5.78 Å². The summed E-state index contributed by atoms with van der Waals surface area (Å²) in [4.78, 5) is 24.3. The van der Waals surface area contributed by atoms with E-state index in [-0.39, 0.29) is 17.1 Å². The minimum Gasteiger partial charge on any atom is -0.395 e. The number of aliphatic hydroxyl groups is 1. The van der Waals surface area contributed by atoms with Crippen molar-refractivity contribution in [3.05, 3.63) is 11.6 Å². The number of fused-ring (bicyclic) bond motifs is 5. The first-order valence-electron chi connectivity index (χ1n) is 9.35. The highest BCUT2D eigenvalue weighted by atomic mass is 16.3. The Morgan fingerprint density at radius 2 is 2.00 bits per heavy atom. The molecule has 3 heteroatoms. The highest BCUT2D eigenvalue weighted by Gasteiger charge is 2.59. The fourth-order valence-corrected chi connectivity index (χ4v) is 6.29. The molecule has 0 aromatic rings. The van der Waals surface area contributed by atoms with Crippen molar-refractivity contribution in [2.24, 2.45) is 28.6 Å². The second kappa shape index (κ2) is 4.77. The van der Waals surface area contributed by atoms with Crippen molar-refractivity contribution in [2.75, 3.05) is 6.58 Å². The van der Waals surface area contributed by atoms with Crippen LogP contribution in [-0.2, 0) is 9.59 Å². The zero-order valence-electron chi connectivity index (χ0n) is 14.3. The van der Waals surface area contributed by atoms with Crippen LogP contribution in [0.3, 0.4) is 0 Å². The van der Waals surface area contributed by atoms with Gasteiger partial charge in [-0.3, -0.25) is 9.59 Å². The number of hydrogen-bond acceptors (Lipinski definition) is 3. The van der Waals surface area contributed by atoms with E-state index >= 15 is 0 Å². The average Bonchev–Trinajstić information content (AvgIpc) is 2.82. The van der Waals surface area contributed by atoms with Crippen LogP contribution in [-0.4, -0.2) is 23.3 Å². The molecule has 3 nitrogen and oxygen atoms in total. The lowest BCUT2D eigenvalue weighted by Crippen LogP contribution is -2.53. The molecular formula is C19H26O3. The van der Waals surface area contributed by atoms with Crippen LogP contribution in [0, 0.1) is 28.6 Å². The van der Waals surface area contributed by atoms with Gasteiger partial charge in [-0.05, 0) is 62.4 Å². The summed E-state index contributed by atoms with van der Waals surface area (Å²) >= 11 is 0. The van der Waals surface area contributed by atoms with Gasteiger partial charge < -0.3 is 5.11 Å². The summed E-state index contributed by atoms with van der Waals surface area (Å²) in [5.41, 5.74) is 0.301. The fraction of sp³-hybridized carbons (Fsp3) is 0.789. The highest BCUT2D eigenvalue weighted by molar-refractivity contribution is 5.91.